The van der Waals surface area contributed by atoms with Crippen LogP contribution in [0.15, 0.2) is 12.2 Å². The van der Waals surface area contributed by atoms with Crippen molar-refractivity contribution in [3.63, 3.8) is 0 Å². The van der Waals surface area contributed by atoms with Crippen LogP contribution in [0, 0.1) is 0 Å². The minimum absolute atomic E-state index is 0.126. The van der Waals surface area contributed by atoms with Crippen LogP contribution in [0.4, 0.5) is 0 Å². The number of hydrogen-bond acceptors (Lipinski definition) is 7. The number of aliphatic hydroxyl groups excluding tert-OH is 5. The first-order valence-electron chi connectivity index (χ1n) is 4.81. The molecule has 17 heavy (non-hydrogen) atoms. The summed E-state index contributed by atoms with van der Waals surface area (Å²) >= 11 is 0. The summed E-state index contributed by atoms with van der Waals surface area (Å²) in [5, 5.41) is 45.3. The Morgan fingerprint density at radius 3 is 1.94 bits per heavy atom. The number of hydrogen-bond donors (Lipinski definition) is 5. The minimum Gasteiger partial charge on any atom is -0.394 e. The van der Waals surface area contributed by atoms with Gasteiger partial charge in [-0.25, -0.2) is 0 Å². The molecule has 0 radical (unpaired) electrons. The minimum atomic E-state index is -2.18. The van der Waals surface area contributed by atoms with E-state index in [1.54, 1.807) is 0 Å². The van der Waals surface area contributed by atoms with Gasteiger partial charge in [-0.15, -0.1) is 0 Å². The maximum Gasteiger partial charge on any atom is 0.234 e. The Balaban J connectivity index is 4.70. The largest absolute Gasteiger partial charge is 0.394 e. The molecule has 0 aliphatic heterocycles. The summed E-state index contributed by atoms with van der Waals surface area (Å²) < 4.78 is 0. The standard InChI is InChI=1S/C10H16O7/c1-4(2)6(13)8(15)10(17)9(16)7(14)5(12)3-11/h5,7,9-12,14,16-17H,1,3H2,2H3/t5-,7-,9+,10+/m1/s1. The van der Waals surface area contributed by atoms with Crippen LogP contribution < -0.4 is 0 Å². The molecule has 0 saturated carbocycles. The second-order valence-corrected chi connectivity index (χ2v) is 3.65. The Kier molecular flexibility index (Phi) is 6.14. The molecule has 0 rings (SSSR count). The van der Waals surface area contributed by atoms with Crippen molar-refractivity contribution < 1.29 is 35.1 Å². The fourth-order valence-corrected chi connectivity index (χ4v) is 1.02. The third kappa shape index (κ3) is 3.99. The van der Waals surface area contributed by atoms with Crippen LogP contribution in [-0.2, 0) is 9.59 Å². The molecular weight excluding hydrogens is 232 g/mol. The average molecular weight is 248 g/mol. The topological polar surface area (TPSA) is 135 Å². The molecule has 0 spiro atoms. The molecule has 7 nitrogen and oxygen atoms in total. The van der Waals surface area contributed by atoms with Gasteiger partial charge in [0.1, 0.15) is 24.4 Å². The summed E-state index contributed by atoms with van der Waals surface area (Å²) in [6.07, 6.45) is -7.94. The van der Waals surface area contributed by atoms with Crippen LogP contribution >= 0.6 is 0 Å². The van der Waals surface area contributed by atoms with Gasteiger partial charge >= 0.3 is 0 Å². The Morgan fingerprint density at radius 1 is 1.12 bits per heavy atom. The number of allylic oxidation sites excluding steroid dienone is 1. The molecule has 0 aliphatic carbocycles. The van der Waals surface area contributed by atoms with Crippen molar-refractivity contribution >= 4 is 11.6 Å². The van der Waals surface area contributed by atoms with E-state index in [-0.39, 0.29) is 5.57 Å². The van der Waals surface area contributed by atoms with E-state index in [9.17, 15) is 24.9 Å². The maximum absolute atomic E-state index is 11.3. The zero-order valence-electron chi connectivity index (χ0n) is 9.28. The first kappa shape index (κ1) is 15.9. The lowest BCUT2D eigenvalue weighted by atomic mass is 9.97. The van der Waals surface area contributed by atoms with Crippen LogP contribution in [0.5, 0.6) is 0 Å². The molecular formula is C10H16O7. The van der Waals surface area contributed by atoms with E-state index in [4.69, 9.17) is 10.2 Å². The summed E-state index contributed by atoms with van der Waals surface area (Å²) in [6, 6.07) is 0. The van der Waals surface area contributed by atoms with Crippen LogP contribution in [0.3, 0.4) is 0 Å². The van der Waals surface area contributed by atoms with Gasteiger partial charge in [-0.1, -0.05) is 6.58 Å². The molecule has 0 saturated heterocycles. The van der Waals surface area contributed by atoms with E-state index in [0.29, 0.717) is 0 Å². The first-order chi connectivity index (χ1) is 7.73. The van der Waals surface area contributed by atoms with Crippen molar-refractivity contribution in [3.8, 4) is 0 Å². The molecule has 0 aromatic rings. The average Bonchev–Trinajstić information content (AvgIpc) is 2.32. The van der Waals surface area contributed by atoms with Gasteiger partial charge in [-0.3, -0.25) is 9.59 Å². The molecule has 98 valence electrons. The molecule has 5 N–H and O–H groups in total. The van der Waals surface area contributed by atoms with Crippen LogP contribution in [0.1, 0.15) is 6.92 Å². The highest BCUT2D eigenvalue weighted by Crippen LogP contribution is 2.08. The van der Waals surface area contributed by atoms with E-state index in [1.165, 1.54) is 6.92 Å². The number of Topliss-reactive ketones (excluding diaryl/α,β-unsaturated/α-hetero) is 2. The first-order valence-corrected chi connectivity index (χ1v) is 4.81. The van der Waals surface area contributed by atoms with Gasteiger partial charge in [0.2, 0.25) is 11.6 Å². The predicted octanol–water partition coefficient (Wildman–Crippen LogP) is -2.86. The predicted molar refractivity (Wildman–Crippen MR) is 55.9 cm³/mol. The number of rotatable bonds is 7. The van der Waals surface area contributed by atoms with Gasteiger partial charge in [0.25, 0.3) is 0 Å². The highest BCUT2D eigenvalue weighted by Gasteiger charge is 2.36. The normalized spacial score (nSPS) is 18.0. The molecule has 4 atom stereocenters. The summed E-state index contributed by atoms with van der Waals surface area (Å²) in [5.74, 6) is -2.42. The second kappa shape index (κ2) is 6.58. The van der Waals surface area contributed by atoms with Crippen molar-refractivity contribution in [2.75, 3.05) is 6.61 Å². The quantitative estimate of drug-likeness (QED) is 0.241. The second-order valence-electron chi connectivity index (χ2n) is 3.65. The van der Waals surface area contributed by atoms with E-state index in [2.05, 4.69) is 6.58 Å². The van der Waals surface area contributed by atoms with Gasteiger partial charge in [0, 0.05) is 0 Å². The van der Waals surface area contributed by atoms with Crippen molar-refractivity contribution in [3.05, 3.63) is 12.2 Å². The molecule has 0 amide bonds. The molecule has 7 heteroatoms. The van der Waals surface area contributed by atoms with Gasteiger partial charge in [-0.2, -0.15) is 0 Å². The molecule has 0 aliphatic rings. The molecule has 0 heterocycles. The zero-order chi connectivity index (χ0) is 13.7. The molecule has 0 aromatic heterocycles. The van der Waals surface area contributed by atoms with E-state index in [0.717, 1.165) is 0 Å². The van der Waals surface area contributed by atoms with Crippen LogP contribution in [0.25, 0.3) is 0 Å². The number of aliphatic hydroxyl groups is 5. The maximum atomic E-state index is 11.3. The zero-order valence-corrected chi connectivity index (χ0v) is 9.28. The van der Waals surface area contributed by atoms with Crippen LogP contribution in [0.2, 0.25) is 0 Å². The van der Waals surface area contributed by atoms with Gasteiger partial charge in [0.15, 0.2) is 0 Å². The fraction of sp³-hybridized carbons (Fsp3) is 0.600. The van der Waals surface area contributed by atoms with Gasteiger partial charge < -0.3 is 25.5 Å². The smallest absolute Gasteiger partial charge is 0.234 e. The number of ketones is 2. The molecule has 0 fully saturated rings. The Bertz CT molecular complexity index is 312. The van der Waals surface area contributed by atoms with Crippen LogP contribution in [-0.4, -0.2) is 68.1 Å². The number of carbonyl (C=O) groups excluding carboxylic acids is 2. The van der Waals surface area contributed by atoms with Crippen molar-refractivity contribution in [2.45, 2.75) is 31.3 Å². The SMILES string of the molecule is C=C(C)C(=O)C(=O)[C@H](O)[C@@H](O)[C@H](O)[C@H](O)CO. The molecule has 0 aromatic carbocycles. The summed E-state index contributed by atoms with van der Waals surface area (Å²) in [6.45, 7) is 3.58. The summed E-state index contributed by atoms with van der Waals surface area (Å²) in [7, 11) is 0. The Morgan fingerprint density at radius 2 is 1.59 bits per heavy atom. The van der Waals surface area contributed by atoms with E-state index in [1.807, 2.05) is 0 Å². The van der Waals surface area contributed by atoms with Crippen molar-refractivity contribution in [2.24, 2.45) is 0 Å². The summed E-state index contributed by atoms with van der Waals surface area (Å²) in [5.41, 5.74) is -0.126. The van der Waals surface area contributed by atoms with Crippen molar-refractivity contribution in [1.29, 1.82) is 0 Å². The van der Waals surface area contributed by atoms with E-state index >= 15 is 0 Å². The Hall–Kier alpha value is -1.12. The lowest BCUT2D eigenvalue weighted by Crippen LogP contribution is -2.50. The molecule has 0 bridgehead atoms. The van der Waals surface area contributed by atoms with Gasteiger partial charge in [0.05, 0.1) is 6.61 Å². The lowest BCUT2D eigenvalue weighted by Gasteiger charge is -2.24. The molecule has 0 unspecified atom stereocenters. The Labute approximate surface area is 97.6 Å². The highest BCUT2D eigenvalue weighted by molar-refractivity contribution is 6.44. The number of carbonyl (C=O) groups is 2. The third-order valence-electron chi connectivity index (χ3n) is 2.13. The van der Waals surface area contributed by atoms with Crippen molar-refractivity contribution in [1.82, 2.24) is 0 Å². The lowest BCUT2D eigenvalue weighted by molar-refractivity contribution is -0.152. The summed E-state index contributed by atoms with van der Waals surface area (Å²) in [4.78, 5) is 22.4. The third-order valence-corrected chi connectivity index (χ3v) is 2.13. The monoisotopic (exact) mass is 248 g/mol. The van der Waals surface area contributed by atoms with Gasteiger partial charge in [-0.05, 0) is 12.5 Å². The highest BCUT2D eigenvalue weighted by atomic mass is 16.4. The van der Waals surface area contributed by atoms with E-state index < -0.39 is 42.6 Å². The fourth-order valence-electron chi connectivity index (χ4n) is 1.02.